The molecule has 0 spiro atoms. The van der Waals surface area contributed by atoms with E-state index in [0.29, 0.717) is 0 Å². The predicted molar refractivity (Wildman–Crippen MR) is 71.3 cm³/mol. The zero-order valence-corrected chi connectivity index (χ0v) is 10.4. The Labute approximate surface area is 105 Å². The van der Waals surface area contributed by atoms with Crippen molar-refractivity contribution in [3.63, 3.8) is 0 Å². The van der Waals surface area contributed by atoms with Gasteiger partial charge in [-0.3, -0.25) is 9.78 Å². The van der Waals surface area contributed by atoms with Gasteiger partial charge >= 0.3 is 0 Å². The highest BCUT2D eigenvalue weighted by Crippen LogP contribution is 2.21. The molecule has 1 atom stereocenters. The van der Waals surface area contributed by atoms with Gasteiger partial charge in [0.15, 0.2) is 0 Å². The molecule has 92 valence electrons. The summed E-state index contributed by atoms with van der Waals surface area (Å²) in [6.07, 6.45) is 3.64. The maximum atomic E-state index is 4.18. The second-order valence-electron chi connectivity index (χ2n) is 4.42. The van der Waals surface area contributed by atoms with Crippen LogP contribution in [0, 0.1) is 0 Å². The molecule has 0 amide bonds. The molecule has 18 heavy (non-hydrogen) atoms. The summed E-state index contributed by atoms with van der Waals surface area (Å²) in [7, 11) is 1.95. The van der Waals surface area contributed by atoms with Crippen LogP contribution < -0.4 is 5.32 Å². The Hall–Kier alpha value is -2.30. The van der Waals surface area contributed by atoms with E-state index in [9.17, 15) is 0 Å². The van der Waals surface area contributed by atoms with Crippen LogP contribution in [0.5, 0.6) is 0 Å². The predicted octanol–water partition coefficient (Wildman–Crippen LogP) is 2.47. The second-order valence-corrected chi connectivity index (χ2v) is 4.42. The highest BCUT2D eigenvalue weighted by atomic mass is 15.3. The van der Waals surface area contributed by atoms with Crippen LogP contribution >= 0.6 is 0 Å². The van der Waals surface area contributed by atoms with Crippen molar-refractivity contribution in [2.24, 2.45) is 7.05 Å². The van der Waals surface area contributed by atoms with Crippen molar-refractivity contribution < 1.29 is 0 Å². The molecule has 0 aliphatic rings. The number of aryl methyl sites for hydroxylation is 1. The zero-order chi connectivity index (χ0) is 12.5. The monoisotopic (exact) mass is 241 g/mol. The summed E-state index contributed by atoms with van der Waals surface area (Å²) in [6, 6.07) is 8.40. The lowest BCUT2D eigenvalue weighted by Gasteiger charge is -2.15. The van der Waals surface area contributed by atoms with Crippen LogP contribution in [0.3, 0.4) is 0 Å². The van der Waals surface area contributed by atoms with Crippen LogP contribution in [0.2, 0.25) is 0 Å². The van der Waals surface area contributed by atoms with Crippen LogP contribution in [-0.4, -0.2) is 20.0 Å². The van der Waals surface area contributed by atoms with E-state index < -0.39 is 0 Å². The molecule has 5 nitrogen and oxygen atoms in total. The van der Waals surface area contributed by atoms with Gasteiger partial charge in [0.05, 0.1) is 23.4 Å². The summed E-state index contributed by atoms with van der Waals surface area (Å²) in [5, 5.41) is 15.7. The van der Waals surface area contributed by atoms with E-state index in [1.807, 2.05) is 42.3 Å². The molecule has 0 radical (unpaired) electrons. The molecule has 3 rings (SSSR count). The fourth-order valence-corrected chi connectivity index (χ4v) is 2.17. The number of hydrogen-bond donors (Lipinski definition) is 2. The minimum absolute atomic E-state index is 0.210. The lowest BCUT2D eigenvalue weighted by Crippen LogP contribution is -2.11. The van der Waals surface area contributed by atoms with Gasteiger partial charge in [-0.15, -0.1) is 0 Å². The first-order valence-corrected chi connectivity index (χ1v) is 5.91. The summed E-state index contributed by atoms with van der Waals surface area (Å²) in [6.45, 7) is 2.12. The summed E-state index contributed by atoms with van der Waals surface area (Å²) in [5.41, 5.74) is 3.29. The van der Waals surface area contributed by atoms with E-state index in [0.717, 1.165) is 22.3 Å². The number of hydrogen-bond acceptors (Lipinski definition) is 3. The van der Waals surface area contributed by atoms with Gasteiger partial charge in [0.25, 0.3) is 0 Å². The first-order chi connectivity index (χ1) is 8.74. The topological polar surface area (TPSA) is 58.5 Å². The molecule has 1 unspecified atom stereocenters. The molecule has 0 bridgehead atoms. The molecule has 5 heteroatoms. The highest BCUT2D eigenvalue weighted by Gasteiger charge is 2.09. The minimum atomic E-state index is 0.210. The van der Waals surface area contributed by atoms with Gasteiger partial charge in [-0.05, 0) is 31.2 Å². The summed E-state index contributed by atoms with van der Waals surface area (Å²) in [5.74, 6) is 0. The van der Waals surface area contributed by atoms with Gasteiger partial charge in [0, 0.05) is 24.3 Å². The second kappa shape index (κ2) is 4.18. The molecule has 0 saturated heterocycles. The first kappa shape index (κ1) is 10.8. The van der Waals surface area contributed by atoms with Gasteiger partial charge in [-0.25, -0.2) is 0 Å². The number of nitrogens with zero attached hydrogens (tertiary/aromatic N) is 3. The number of H-pyrrole nitrogens is 1. The molecule has 2 aromatic heterocycles. The van der Waals surface area contributed by atoms with Crippen LogP contribution in [0.25, 0.3) is 10.9 Å². The average Bonchev–Trinajstić information content (AvgIpc) is 2.96. The highest BCUT2D eigenvalue weighted by molar-refractivity contribution is 5.81. The molecule has 0 aliphatic carbocycles. The minimum Gasteiger partial charge on any atom is -0.377 e. The van der Waals surface area contributed by atoms with E-state index in [-0.39, 0.29) is 6.04 Å². The fraction of sp³-hybridized carbons (Fsp3) is 0.231. The first-order valence-electron chi connectivity index (χ1n) is 5.91. The summed E-state index contributed by atoms with van der Waals surface area (Å²) < 4.78 is 1.88. The Morgan fingerprint density at radius 2 is 2.22 bits per heavy atom. The van der Waals surface area contributed by atoms with Gasteiger partial charge in [0.1, 0.15) is 0 Å². The molecule has 2 heterocycles. The third-order valence-electron chi connectivity index (χ3n) is 3.13. The standard InChI is InChI=1S/C13H15N5/c1-9(13-5-6-15-18(13)2)16-11-3-4-12-10(7-11)8-14-17-12/h3-9,16H,1-2H3,(H,14,17). The van der Waals surface area contributed by atoms with Crippen molar-refractivity contribution in [1.82, 2.24) is 20.0 Å². The number of anilines is 1. The van der Waals surface area contributed by atoms with Crippen LogP contribution in [-0.2, 0) is 7.05 Å². The third-order valence-corrected chi connectivity index (χ3v) is 3.13. The van der Waals surface area contributed by atoms with Crippen molar-refractivity contribution in [2.45, 2.75) is 13.0 Å². The number of rotatable bonds is 3. The number of aromatic nitrogens is 4. The van der Waals surface area contributed by atoms with Gasteiger partial charge in [-0.1, -0.05) is 0 Å². The maximum absolute atomic E-state index is 4.18. The van der Waals surface area contributed by atoms with Crippen molar-refractivity contribution in [1.29, 1.82) is 0 Å². The SMILES string of the molecule is CC(Nc1ccc2[nH]ncc2c1)c1ccnn1C. The van der Waals surface area contributed by atoms with E-state index in [2.05, 4.69) is 33.6 Å². The van der Waals surface area contributed by atoms with Crippen LogP contribution in [0.15, 0.2) is 36.7 Å². The van der Waals surface area contributed by atoms with Crippen molar-refractivity contribution in [3.05, 3.63) is 42.4 Å². The number of benzene rings is 1. The van der Waals surface area contributed by atoms with Crippen LogP contribution in [0.4, 0.5) is 5.69 Å². The van der Waals surface area contributed by atoms with Gasteiger partial charge in [-0.2, -0.15) is 10.2 Å². The molecule has 0 fully saturated rings. The van der Waals surface area contributed by atoms with Gasteiger partial charge < -0.3 is 5.32 Å². The number of nitrogens with one attached hydrogen (secondary N) is 2. The molecule has 0 aliphatic heterocycles. The summed E-state index contributed by atoms with van der Waals surface area (Å²) in [4.78, 5) is 0. The fourth-order valence-electron chi connectivity index (χ4n) is 2.17. The number of fused-ring (bicyclic) bond motifs is 1. The zero-order valence-electron chi connectivity index (χ0n) is 10.4. The Balaban J connectivity index is 1.85. The van der Waals surface area contributed by atoms with E-state index in [4.69, 9.17) is 0 Å². The average molecular weight is 241 g/mol. The Morgan fingerprint density at radius 3 is 3.00 bits per heavy atom. The molecule has 1 aromatic carbocycles. The van der Waals surface area contributed by atoms with Crippen molar-refractivity contribution in [3.8, 4) is 0 Å². The Morgan fingerprint density at radius 1 is 1.33 bits per heavy atom. The lowest BCUT2D eigenvalue weighted by molar-refractivity contribution is 0.676. The van der Waals surface area contributed by atoms with Crippen molar-refractivity contribution in [2.75, 3.05) is 5.32 Å². The Kier molecular flexibility index (Phi) is 2.51. The van der Waals surface area contributed by atoms with E-state index in [1.165, 1.54) is 0 Å². The van der Waals surface area contributed by atoms with Crippen molar-refractivity contribution >= 4 is 16.6 Å². The van der Waals surface area contributed by atoms with Gasteiger partial charge in [0.2, 0.25) is 0 Å². The Bertz CT molecular complexity index is 667. The molecular formula is C13H15N5. The molecule has 0 saturated carbocycles. The lowest BCUT2D eigenvalue weighted by atomic mass is 10.2. The summed E-state index contributed by atoms with van der Waals surface area (Å²) >= 11 is 0. The smallest absolute Gasteiger partial charge is 0.0653 e. The largest absolute Gasteiger partial charge is 0.377 e. The maximum Gasteiger partial charge on any atom is 0.0653 e. The van der Waals surface area contributed by atoms with E-state index in [1.54, 1.807) is 0 Å². The molecule has 3 aromatic rings. The quantitative estimate of drug-likeness (QED) is 0.740. The molecule has 2 N–H and O–H groups in total. The van der Waals surface area contributed by atoms with Crippen LogP contribution in [0.1, 0.15) is 18.7 Å². The normalized spacial score (nSPS) is 12.8. The molecular weight excluding hydrogens is 226 g/mol. The number of aromatic amines is 1. The van der Waals surface area contributed by atoms with E-state index >= 15 is 0 Å². The third kappa shape index (κ3) is 1.84.